The van der Waals surface area contributed by atoms with Gasteiger partial charge in [0.1, 0.15) is 0 Å². The number of likely N-dealkylation sites (tertiary alicyclic amines) is 1. The highest BCUT2D eigenvalue weighted by molar-refractivity contribution is 5.85. The molecule has 0 radical (unpaired) electrons. The van der Waals surface area contributed by atoms with Gasteiger partial charge in [0.05, 0.1) is 0 Å². The van der Waals surface area contributed by atoms with Gasteiger partial charge < -0.3 is 10.0 Å². The van der Waals surface area contributed by atoms with E-state index in [1.165, 1.54) is 0 Å². The van der Waals surface area contributed by atoms with E-state index in [-0.39, 0.29) is 38.3 Å². The Morgan fingerprint density at radius 2 is 1.65 bits per heavy atom. The van der Waals surface area contributed by atoms with Gasteiger partial charge in [-0.3, -0.25) is 4.79 Å². The van der Waals surface area contributed by atoms with Gasteiger partial charge in [-0.25, -0.2) is 0 Å². The molecule has 0 saturated carbocycles. The zero-order chi connectivity index (χ0) is 14.9. The molecule has 1 N–H and O–H groups in total. The molecule has 1 rings (SSSR count). The van der Waals surface area contributed by atoms with Gasteiger partial charge in [0.25, 0.3) is 0 Å². The molecule has 20 heavy (non-hydrogen) atoms. The van der Waals surface area contributed by atoms with Crippen LogP contribution in [0.4, 0.5) is 26.3 Å². The van der Waals surface area contributed by atoms with Crippen LogP contribution in [0.1, 0.15) is 19.3 Å². The van der Waals surface area contributed by atoms with E-state index in [1.807, 2.05) is 0 Å². The second kappa shape index (κ2) is 6.38. The molecule has 0 spiro atoms. The number of carboxylic acids is 1. The Labute approximate surface area is 117 Å². The Morgan fingerprint density at radius 1 is 1.15 bits per heavy atom. The molecule has 120 valence electrons. The lowest BCUT2D eigenvalue weighted by Gasteiger charge is -2.33. The minimum atomic E-state index is -5.35. The largest absolute Gasteiger partial charge is 0.481 e. The number of halogens is 7. The summed E-state index contributed by atoms with van der Waals surface area (Å²) in [6, 6.07) is 0. The summed E-state index contributed by atoms with van der Waals surface area (Å²) in [5.74, 6) is -1.13. The molecule has 1 aliphatic heterocycles. The fourth-order valence-electron chi connectivity index (χ4n) is 2.16. The molecule has 10 heteroatoms. The maximum Gasteiger partial charge on any atom is 0.404 e. The normalized spacial score (nSPS) is 19.7. The van der Waals surface area contributed by atoms with E-state index in [1.54, 1.807) is 0 Å². The van der Waals surface area contributed by atoms with Crippen LogP contribution in [-0.4, -0.2) is 48.0 Å². The van der Waals surface area contributed by atoms with Crippen LogP contribution in [0, 0.1) is 5.41 Å². The van der Waals surface area contributed by atoms with E-state index in [9.17, 15) is 31.1 Å². The average molecular weight is 330 g/mol. The number of nitrogens with zero attached hydrogens (tertiary/aromatic N) is 1. The van der Waals surface area contributed by atoms with Crippen molar-refractivity contribution in [3.63, 3.8) is 0 Å². The van der Waals surface area contributed by atoms with Crippen molar-refractivity contribution in [3.05, 3.63) is 0 Å². The number of alkyl halides is 6. The van der Waals surface area contributed by atoms with Gasteiger partial charge in [-0.15, -0.1) is 12.4 Å². The van der Waals surface area contributed by atoms with Crippen molar-refractivity contribution in [3.8, 4) is 0 Å². The predicted octanol–water partition coefficient (Wildman–Crippen LogP) is 3.09. The predicted molar refractivity (Wildman–Crippen MR) is 59.7 cm³/mol. The van der Waals surface area contributed by atoms with Gasteiger partial charge in [-0.1, -0.05) is 0 Å². The second-order valence-electron chi connectivity index (χ2n) is 4.60. The molecule has 1 aliphatic rings. The Morgan fingerprint density at radius 3 is 2.00 bits per heavy atom. The second-order valence-corrected chi connectivity index (χ2v) is 4.60. The molecule has 0 unspecified atom stereocenters. The van der Waals surface area contributed by atoms with Crippen LogP contribution in [-0.2, 0) is 4.79 Å². The molecule has 1 heterocycles. The van der Waals surface area contributed by atoms with Crippen LogP contribution in [0.15, 0.2) is 0 Å². The van der Waals surface area contributed by atoms with Crippen LogP contribution in [0.25, 0.3) is 0 Å². The van der Waals surface area contributed by atoms with E-state index < -0.39 is 36.7 Å². The summed E-state index contributed by atoms with van der Waals surface area (Å²) in [6.45, 7) is -1.57. The van der Waals surface area contributed by atoms with Crippen molar-refractivity contribution >= 4 is 18.4 Å². The quantitative estimate of drug-likeness (QED) is 0.806. The molecule has 1 saturated heterocycles. The molecule has 0 amide bonds. The van der Waals surface area contributed by atoms with Gasteiger partial charge in [-0.2, -0.15) is 26.3 Å². The maximum absolute atomic E-state index is 12.7. The lowest BCUT2D eigenvalue weighted by Crippen LogP contribution is -2.51. The zero-order valence-corrected chi connectivity index (χ0v) is 11.0. The molecule has 0 bridgehead atoms. The highest BCUT2D eigenvalue weighted by Crippen LogP contribution is 2.55. The lowest BCUT2D eigenvalue weighted by atomic mass is 9.85. The Bertz CT molecular complexity index is 330. The van der Waals surface area contributed by atoms with E-state index in [4.69, 9.17) is 5.11 Å². The first-order valence-electron chi connectivity index (χ1n) is 5.57. The van der Waals surface area contributed by atoms with Crippen LogP contribution in [0.5, 0.6) is 0 Å². The van der Waals surface area contributed by atoms with Gasteiger partial charge in [0.2, 0.25) is 0 Å². The van der Waals surface area contributed by atoms with Crippen molar-refractivity contribution in [2.24, 2.45) is 5.41 Å². The summed E-state index contributed by atoms with van der Waals surface area (Å²) in [7, 11) is 0. The fourth-order valence-corrected chi connectivity index (χ4v) is 2.16. The maximum atomic E-state index is 12.7. The number of hydrogen-bond acceptors (Lipinski definition) is 2. The summed E-state index contributed by atoms with van der Waals surface area (Å²) in [6.07, 6.45) is -12.0. The third kappa shape index (κ3) is 3.91. The van der Waals surface area contributed by atoms with E-state index in [0.29, 0.717) is 0 Å². The lowest BCUT2D eigenvalue weighted by molar-refractivity contribution is -0.335. The highest BCUT2D eigenvalue weighted by Gasteiger charge is 2.72. The summed E-state index contributed by atoms with van der Waals surface area (Å²) in [4.78, 5) is 11.3. The molecule has 0 aliphatic carbocycles. The third-order valence-electron chi connectivity index (χ3n) is 3.30. The van der Waals surface area contributed by atoms with Crippen molar-refractivity contribution in [2.45, 2.75) is 31.6 Å². The molecule has 1 fully saturated rings. The number of rotatable bonds is 4. The van der Waals surface area contributed by atoms with Crippen LogP contribution in [0.2, 0.25) is 0 Å². The molecule has 0 atom stereocenters. The fraction of sp³-hybridized carbons (Fsp3) is 0.900. The SMILES string of the molecule is Cl.O=C(O)CCCN1CCC(C(F)(F)F)(C(F)(F)F)C1. The zero-order valence-electron chi connectivity index (χ0n) is 10.2. The van der Waals surface area contributed by atoms with Crippen LogP contribution < -0.4 is 0 Å². The van der Waals surface area contributed by atoms with E-state index in [2.05, 4.69) is 0 Å². The van der Waals surface area contributed by atoms with E-state index in [0.717, 1.165) is 4.90 Å². The van der Waals surface area contributed by atoms with Crippen LogP contribution >= 0.6 is 12.4 Å². The number of aliphatic carboxylic acids is 1. The Balaban J connectivity index is 0.00000361. The Hall–Kier alpha value is -0.700. The minimum absolute atomic E-state index is 0. The first-order valence-corrected chi connectivity index (χ1v) is 5.57. The number of carboxylic acid groups (broad SMARTS) is 1. The van der Waals surface area contributed by atoms with Crippen molar-refractivity contribution < 1.29 is 36.2 Å². The third-order valence-corrected chi connectivity index (χ3v) is 3.30. The summed E-state index contributed by atoms with van der Waals surface area (Å²) < 4.78 is 76.2. The molecule has 0 aromatic heterocycles. The first kappa shape index (κ1) is 19.3. The summed E-state index contributed by atoms with van der Waals surface area (Å²) in [5.41, 5.74) is -3.69. The van der Waals surface area contributed by atoms with Gasteiger partial charge in [0, 0.05) is 13.0 Å². The standard InChI is InChI=1S/C10H13F6NO2.ClH/c11-9(12,13)8(10(14,15)16)3-5-17(6-8)4-1-2-7(18)19;/h1-6H2,(H,18,19);1H. The monoisotopic (exact) mass is 329 g/mol. The summed E-state index contributed by atoms with van der Waals surface area (Å²) >= 11 is 0. The molecule has 0 aromatic rings. The molecule has 0 aromatic carbocycles. The minimum Gasteiger partial charge on any atom is -0.481 e. The Kier molecular flexibility index (Phi) is 6.16. The molecule has 3 nitrogen and oxygen atoms in total. The summed E-state index contributed by atoms with van der Waals surface area (Å²) in [5, 5.41) is 8.37. The average Bonchev–Trinajstić information content (AvgIpc) is 2.60. The van der Waals surface area contributed by atoms with Crippen LogP contribution in [0.3, 0.4) is 0 Å². The highest BCUT2D eigenvalue weighted by atomic mass is 35.5. The topological polar surface area (TPSA) is 40.5 Å². The van der Waals surface area contributed by atoms with Gasteiger partial charge in [0.15, 0.2) is 5.41 Å². The van der Waals surface area contributed by atoms with Crippen molar-refractivity contribution in [1.82, 2.24) is 4.90 Å². The van der Waals surface area contributed by atoms with Crippen molar-refractivity contribution in [2.75, 3.05) is 19.6 Å². The number of carbonyl (C=O) groups is 1. The van der Waals surface area contributed by atoms with Gasteiger partial charge >= 0.3 is 18.3 Å². The van der Waals surface area contributed by atoms with E-state index >= 15 is 0 Å². The van der Waals surface area contributed by atoms with Crippen molar-refractivity contribution in [1.29, 1.82) is 0 Å². The van der Waals surface area contributed by atoms with Gasteiger partial charge in [-0.05, 0) is 25.9 Å². The number of hydrogen-bond donors (Lipinski definition) is 1. The molecular weight excluding hydrogens is 316 g/mol. The molecular formula is C10H14ClF6NO2. The first-order chi connectivity index (χ1) is 8.49. The smallest absolute Gasteiger partial charge is 0.404 e.